The van der Waals surface area contributed by atoms with Crippen LogP contribution in [0.2, 0.25) is 0 Å². The molecule has 1 nitrogen and oxygen atoms in total. The Morgan fingerprint density at radius 1 is 1.36 bits per heavy atom. The van der Waals surface area contributed by atoms with Crippen molar-refractivity contribution in [1.29, 1.82) is 0 Å². The summed E-state index contributed by atoms with van der Waals surface area (Å²) < 4.78 is 0. The Hall–Kier alpha value is -0.800. The Bertz CT molecular complexity index is 401. The predicted octanol–water partition coefficient (Wildman–Crippen LogP) is 4.04. The lowest BCUT2D eigenvalue weighted by Gasteiger charge is -2.02. The van der Waals surface area contributed by atoms with Gasteiger partial charge in [-0.25, -0.2) is 0 Å². The number of hydrogen-bond donors (Lipinski definition) is 1. The summed E-state index contributed by atoms with van der Waals surface area (Å²) in [6.07, 6.45) is 0. The van der Waals surface area contributed by atoms with Crippen molar-refractivity contribution in [2.75, 3.05) is 5.32 Å². The zero-order valence-electron chi connectivity index (χ0n) is 8.33. The Kier molecular flexibility index (Phi) is 2.89. The molecule has 0 saturated carbocycles. The van der Waals surface area contributed by atoms with Gasteiger partial charge < -0.3 is 5.32 Å². The summed E-state index contributed by atoms with van der Waals surface area (Å²) in [5.74, 6) is 0. The molecule has 0 aromatic carbocycles. The second-order valence-corrected chi connectivity index (χ2v) is 5.54. The van der Waals surface area contributed by atoms with Crippen molar-refractivity contribution >= 4 is 28.4 Å². The molecule has 0 aliphatic carbocycles. The van der Waals surface area contributed by atoms with Crippen molar-refractivity contribution in [1.82, 2.24) is 0 Å². The normalized spacial score (nSPS) is 10.4. The minimum atomic E-state index is 0.937. The van der Waals surface area contributed by atoms with Crippen molar-refractivity contribution in [3.05, 3.63) is 38.2 Å². The van der Waals surface area contributed by atoms with E-state index in [1.54, 1.807) is 11.3 Å². The fraction of sp³-hybridized carbons (Fsp3) is 0.273. The highest BCUT2D eigenvalue weighted by atomic mass is 32.1. The molecule has 14 heavy (non-hydrogen) atoms. The molecule has 3 heteroatoms. The quantitative estimate of drug-likeness (QED) is 0.828. The molecule has 0 atom stereocenters. The van der Waals surface area contributed by atoms with Crippen LogP contribution in [0.15, 0.2) is 22.9 Å². The van der Waals surface area contributed by atoms with E-state index >= 15 is 0 Å². The SMILES string of the molecule is Cc1cc(CNc2ccsc2)c(C)s1. The van der Waals surface area contributed by atoms with Crippen molar-refractivity contribution in [2.24, 2.45) is 0 Å². The zero-order valence-corrected chi connectivity index (χ0v) is 9.97. The number of thiophene rings is 2. The van der Waals surface area contributed by atoms with Crippen LogP contribution in [0.4, 0.5) is 5.69 Å². The number of rotatable bonds is 3. The van der Waals surface area contributed by atoms with Crippen molar-refractivity contribution < 1.29 is 0 Å². The van der Waals surface area contributed by atoms with Gasteiger partial charge in [-0.15, -0.1) is 11.3 Å². The van der Waals surface area contributed by atoms with E-state index in [2.05, 4.69) is 42.1 Å². The van der Waals surface area contributed by atoms with Crippen LogP contribution < -0.4 is 5.32 Å². The standard InChI is InChI=1S/C11H13NS2/c1-8-5-10(9(2)14-8)6-12-11-3-4-13-7-11/h3-5,7,12H,6H2,1-2H3. The summed E-state index contributed by atoms with van der Waals surface area (Å²) >= 11 is 3.59. The van der Waals surface area contributed by atoms with Crippen LogP contribution in [0, 0.1) is 13.8 Å². The molecule has 0 radical (unpaired) electrons. The molecular formula is C11H13NS2. The van der Waals surface area contributed by atoms with Crippen LogP contribution in [-0.2, 0) is 6.54 Å². The lowest BCUT2D eigenvalue weighted by molar-refractivity contribution is 1.14. The molecule has 0 bridgehead atoms. The molecule has 0 fully saturated rings. The van der Waals surface area contributed by atoms with Gasteiger partial charge >= 0.3 is 0 Å². The van der Waals surface area contributed by atoms with Crippen LogP contribution in [0.5, 0.6) is 0 Å². The fourth-order valence-electron chi connectivity index (χ4n) is 1.42. The maximum Gasteiger partial charge on any atom is 0.0451 e. The molecule has 0 saturated heterocycles. The van der Waals surface area contributed by atoms with E-state index in [0.29, 0.717) is 0 Å². The third kappa shape index (κ3) is 2.16. The topological polar surface area (TPSA) is 12.0 Å². The van der Waals surface area contributed by atoms with E-state index in [-0.39, 0.29) is 0 Å². The molecule has 0 amide bonds. The van der Waals surface area contributed by atoms with Crippen molar-refractivity contribution in [2.45, 2.75) is 20.4 Å². The smallest absolute Gasteiger partial charge is 0.0451 e. The molecule has 2 aromatic heterocycles. The molecule has 1 N–H and O–H groups in total. The van der Waals surface area contributed by atoms with Gasteiger partial charge in [-0.2, -0.15) is 11.3 Å². The molecule has 2 rings (SSSR count). The van der Waals surface area contributed by atoms with E-state index < -0.39 is 0 Å². The summed E-state index contributed by atoms with van der Waals surface area (Å²) in [6.45, 7) is 5.28. The first-order valence-corrected chi connectivity index (χ1v) is 6.33. The molecule has 2 aromatic rings. The average molecular weight is 223 g/mol. The monoisotopic (exact) mass is 223 g/mol. The third-order valence-electron chi connectivity index (χ3n) is 2.15. The summed E-state index contributed by atoms with van der Waals surface area (Å²) in [7, 11) is 0. The zero-order chi connectivity index (χ0) is 9.97. The van der Waals surface area contributed by atoms with Gasteiger partial charge in [-0.05, 0) is 36.9 Å². The number of aryl methyl sites for hydroxylation is 2. The maximum absolute atomic E-state index is 3.41. The molecular weight excluding hydrogens is 210 g/mol. The van der Waals surface area contributed by atoms with E-state index in [1.165, 1.54) is 21.0 Å². The minimum Gasteiger partial charge on any atom is -0.380 e. The second-order valence-electron chi connectivity index (χ2n) is 3.30. The minimum absolute atomic E-state index is 0.937. The Labute approximate surface area is 92.4 Å². The number of nitrogens with one attached hydrogen (secondary N) is 1. The Balaban J connectivity index is 2.01. The fourth-order valence-corrected chi connectivity index (χ4v) is 2.98. The van der Waals surface area contributed by atoms with Gasteiger partial charge in [0.2, 0.25) is 0 Å². The average Bonchev–Trinajstić information content (AvgIpc) is 2.72. The third-order valence-corrected chi connectivity index (χ3v) is 3.84. The number of hydrogen-bond acceptors (Lipinski definition) is 3. The van der Waals surface area contributed by atoms with Crippen molar-refractivity contribution in [3.63, 3.8) is 0 Å². The van der Waals surface area contributed by atoms with Gasteiger partial charge in [-0.1, -0.05) is 0 Å². The van der Waals surface area contributed by atoms with Crippen LogP contribution >= 0.6 is 22.7 Å². The first kappa shape index (κ1) is 9.74. The van der Waals surface area contributed by atoms with Gasteiger partial charge in [0.05, 0.1) is 0 Å². The number of anilines is 1. The summed E-state index contributed by atoms with van der Waals surface area (Å²) in [5.41, 5.74) is 2.64. The first-order valence-electron chi connectivity index (χ1n) is 4.57. The van der Waals surface area contributed by atoms with Crippen LogP contribution in [0.1, 0.15) is 15.3 Å². The summed E-state index contributed by atoms with van der Waals surface area (Å²) in [4.78, 5) is 2.81. The van der Waals surface area contributed by atoms with Gasteiger partial charge in [0.1, 0.15) is 0 Å². The van der Waals surface area contributed by atoms with E-state index in [0.717, 1.165) is 6.54 Å². The molecule has 0 unspecified atom stereocenters. The van der Waals surface area contributed by atoms with Gasteiger partial charge in [0.25, 0.3) is 0 Å². The highest BCUT2D eigenvalue weighted by molar-refractivity contribution is 7.12. The van der Waals surface area contributed by atoms with Gasteiger partial charge in [0.15, 0.2) is 0 Å². The van der Waals surface area contributed by atoms with Gasteiger partial charge in [-0.3, -0.25) is 0 Å². The summed E-state index contributed by atoms with van der Waals surface area (Å²) in [6, 6.07) is 4.37. The first-order chi connectivity index (χ1) is 6.75. The maximum atomic E-state index is 3.41. The Morgan fingerprint density at radius 3 is 2.79 bits per heavy atom. The van der Waals surface area contributed by atoms with E-state index in [1.807, 2.05) is 11.3 Å². The summed E-state index contributed by atoms with van der Waals surface area (Å²) in [5, 5.41) is 7.64. The second kappa shape index (κ2) is 4.15. The van der Waals surface area contributed by atoms with Gasteiger partial charge in [0, 0.05) is 27.4 Å². The highest BCUT2D eigenvalue weighted by Gasteiger charge is 2.02. The molecule has 0 aliphatic rings. The lowest BCUT2D eigenvalue weighted by Crippen LogP contribution is -1.97. The predicted molar refractivity (Wildman–Crippen MR) is 65.4 cm³/mol. The lowest BCUT2D eigenvalue weighted by atomic mass is 10.2. The van der Waals surface area contributed by atoms with Crippen molar-refractivity contribution in [3.8, 4) is 0 Å². The molecule has 2 heterocycles. The van der Waals surface area contributed by atoms with E-state index in [9.17, 15) is 0 Å². The van der Waals surface area contributed by atoms with Crippen LogP contribution in [0.25, 0.3) is 0 Å². The molecule has 74 valence electrons. The largest absolute Gasteiger partial charge is 0.380 e. The molecule has 0 aliphatic heterocycles. The highest BCUT2D eigenvalue weighted by Crippen LogP contribution is 2.22. The van der Waals surface area contributed by atoms with Crippen LogP contribution in [0.3, 0.4) is 0 Å². The Morgan fingerprint density at radius 2 is 2.21 bits per heavy atom. The van der Waals surface area contributed by atoms with E-state index in [4.69, 9.17) is 0 Å². The van der Waals surface area contributed by atoms with Crippen LogP contribution in [-0.4, -0.2) is 0 Å². The molecule has 0 spiro atoms.